The summed E-state index contributed by atoms with van der Waals surface area (Å²) in [6.45, 7) is 15.3. The third kappa shape index (κ3) is 7.26. The van der Waals surface area contributed by atoms with Crippen LogP contribution in [0, 0.1) is 39.5 Å². The molecule has 4 heteroatoms. The minimum atomic E-state index is 0.785. The van der Waals surface area contributed by atoms with Gasteiger partial charge in [0, 0.05) is 13.1 Å². The second-order valence-corrected chi connectivity index (χ2v) is 11.7. The number of nitrogens with zero attached hydrogens (tertiary/aromatic N) is 2. The maximum absolute atomic E-state index is 6.26. The number of hydrogen-bond acceptors (Lipinski definition) is 4. The largest absolute Gasteiger partial charge is 0.493 e. The lowest BCUT2D eigenvalue weighted by atomic mass is 9.97. The van der Waals surface area contributed by atoms with Gasteiger partial charge in [-0.2, -0.15) is 0 Å². The lowest BCUT2D eigenvalue weighted by molar-refractivity contribution is 0.273. The number of rotatable bonds is 11. The van der Waals surface area contributed by atoms with Crippen molar-refractivity contribution in [3.05, 3.63) is 57.6 Å². The highest BCUT2D eigenvalue weighted by atomic mass is 16.5. The van der Waals surface area contributed by atoms with Gasteiger partial charge in [-0.1, -0.05) is 24.3 Å². The molecule has 2 unspecified atom stereocenters. The molecule has 0 saturated carbocycles. The van der Waals surface area contributed by atoms with E-state index in [2.05, 4.69) is 75.9 Å². The zero-order valence-corrected chi connectivity index (χ0v) is 23.7. The van der Waals surface area contributed by atoms with E-state index in [1.807, 2.05) is 0 Å². The molecule has 198 valence electrons. The second-order valence-electron chi connectivity index (χ2n) is 11.7. The van der Waals surface area contributed by atoms with Gasteiger partial charge in [0.05, 0.1) is 13.2 Å². The highest BCUT2D eigenvalue weighted by molar-refractivity contribution is 5.45. The molecule has 2 fully saturated rings. The number of benzene rings is 2. The van der Waals surface area contributed by atoms with Crippen LogP contribution in [0.4, 0.5) is 0 Å². The van der Waals surface area contributed by atoms with E-state index in [0.29, 0.717) is 0 Å². The summed E-state index contributed by atoms with van der Waals surface area (Å²) < 4.78 is 12.5. The summed E-state index contributed by atoms with van der Waals surface area (Å²) in [7, 11) is 4.44. The molecule has 0 bridgehead atoms. The van der Waals surface area contributed by atoms with Gasteiger partial charge >= 0.3 is 0 Å². The number of ether oxygens (including phenoxy) is 2. The SMILES string of the molecule is Cc1cc(CCc2cc(C)c(OCCC3CCN(C)C3)c(C)c2)cc(C)c1OCCC1CCN(C)C1. The molecule has 4 rings (SSSR count). The van der Waals surface area contributed by atoms with Gasteiger partial charge in [-0.15, -0.1) is 0 Å². The maximum Gasteiger partial charge on any atom is 0.125 e. The lowest BCUT2D eigenvalue weighted by Gasteiger charge is -2.17. The van der Waals surface area contributed by atoms with Crippen molar-refractivity contribution >= 4 is 0 Å². The normalized spacial score (nSPS) is 20.8. The fraction of sp³-hybridized carbons (Fsp3) is 0.625. The molecule has 2 aliphatic rings. The third-order valence-corrected chi connectivity index (χ3v) is 8.27. The molecule has 0 amide bonds. The van der Waals surface area contributed by atoms with Gasteiger partial charge in [0.15, 0.2) is 0 Å². The van der Waals surface area contributed by atoms with Crippen LogP contribution in [0.25, 0.3) is 0 Å². The predicted octanol–water partition coefficient (Wildman–Crippen LogP) is 6.15. The number of hydrogen-bond donors (Lipinski definition) is 0. The summed E-state index contributed by atoms with van der Waals surface area (Å²) in [6, 6.07) is 9.29. The molecule has 2 heterocycles. The van der Waals surface area contributed by atoms with Crippen molar-refractivity contribution in [2.24, 2.45) is 11.8 Å². The van der Waals surface area contributed by atoms with E-state index < -0.39 is 0 Å². The molecular formula is C32H48N2O2. The molecule has 0 spiro atoms. The average Bonchev–Trinajstić information content (AvgIpc) is 3.43. The van der Waals surface area contributed by atoms with Crippen LogP contribution in [0.5, 0.6) is 11.5 Å². The zero-order chi connectivity index (χ0) is 25.7. The Hall–Kier alpha value is -2.04. The Morgan fingerprint density at radius 2 is 1.00 bits per heavy atom. The molecule has 2 saturated heterocycles. The van der Waals surface area contributed by atoms with E-state index in [9.17, 15) is 0 Å². The van der Waals surface area contributed by atoms with Gasteiger partial charge in [0.1, 0.15) is 11.5 Å². The summed E-state index contributed by atoms with van der Waals surface area (Å²) in [4.78, 5) is 4.85. The molecule has 0 N–H and O–H groups in total. The fourth-order valence-electron chi connectivity index (χ4n) is 6.29. The Morgan fingerprint density at radius 1 is 0.639 bits per heavy atom. The number of likely N-dealkylation sites (tertiary alicyclic amines) is 2. The van der Waals surface area contributed by atoms with Crippen molar-refractivity contribution < 1.29 is 9.47 Å². The van der Waals surface area contributed by atoms with E-state index in [1.54, 1.807) is 0 Å². The van der Waals surface area contributed by atoms with Gasteiger partial charge in [0.2, 0.25) is 0 Å². The minimum Gasteiger partial charge on any atom is -0.493 e. The van der Waals surface area contributed by atoms with Crippen LogP contribution in [0.15, 0.2) is 24.3 Å². The van der Waals surface area contributed by atoms with Crippen molar-refractivity contribution in [3.8, 4) is 11.5 Å². The molecular weight excluding hydrogens is 444 g/mol. The standard InChI is InChI=1S/C32H48N2O2/c1-23-17-29(18-24(2)31(23)35-15-11-27-9-13-33(5)21-27)7-8-30-19-25(3)32(26(4)20-30)36-16-12-28-10-14-34(6)22-28/h17-20,27-28H,7-16,21-22H2,1-6H3. The first-order valence-corrected chi connectivity index (χ1v) is 14.1. The van der Waals surface area contributed by atoms with E-state index in [-0.39, 0.29) is 0 Å². The molecule has 2 aromatic carbocycles. The second kappa shape index (κ2) is 12.5. The monoisotopic (exact) mass is 492 g/mol. The van der Waals surface area contributed by atoms with Crippen molar-refractivity contribution in [2.45, 2.75) is 66.2 Å². The van der Waals surface area contributed by atoms with Crippen LogP contribution >= 0.6 is 0 Å². The van der Waals surface area contributed by atoms with Gasteiger partial charge in [-0.3, -0.25) is 0 Å². The topological polar surface area (TPSA) is 24.9 Å². The molecule has 36 heavy (non-hydrogen) atoms. The van der Waals surface area contributed by atoms with Crippen LogP contribution in [0.3, 0.4) is 0 Å². The average molecular weight is 493 g/mol. The van der Waals surface area contributed by atoms with Crippen LogP contribution in [0.2, 0.25) is 0 Å². The first-order chi connectivity index (χ1) is 17.3. The quantitative estimate of drug-likeness (QED) is 0.376. The lowest BCUT2D eigenvalue weighted by Crippen LogP contribution is -2.15. The van der Waals surface area contributed by atoms with Crippen molar-refractivity contribution in [3.63, 3.8) is 0 Å². The van der Waals surface area contributed by atoms with Gasteiger partial charge < -0.3 is 19.3 Å². The fourth-order valence-corrected chi connectivity index (χ4v) is 6.29. The summed E-state index contributed by atoms with van der Waals surface area (Å²) in [5.41, 5.74) is 7.84. The summed E-state index contributed by atoms with van der Waals surface area (Å²) in [5, 5.41) is 0. The predicted molar refractivity (Wildman–Crippen MR) is 151 cm³/mol. The first kappa shape index (κ1) is 27.0. The van der Waals surface area contributed by atoms with E-state index >= 15 is 0 Å². The Bertz CT molecular complexity index is 890. The third-order valence-electron chi connectivity index (χ3n) is 8.27. The van der Waals surface area contributed by atoms with E-state index in [0.717, 1.165) is 62.2 Å². The molecule has 0 radical (unpaired) electrons. The summed E-state index contributed by atoms with van der Waals surface area (Å²) in [6.07, 6.45) is 7.01. The van der Waals surface area contributed by atoms with Crippen LogP contribution in [-0.4, -0.2) is 63.3 Å². The van der Waals surface area contributed by atoms with E-state index in [1.165, 1.54) is 72.4 Å². The van der Waals surface area contributed by atoms with Gasteiger partial charge in [-0.25, -0.2) is 0 Å². The zero-order valence-electron chi connectivity index (χ0n) is 23.7. The molecule has 2 aromatic rings. The Morgan fingerprint density at radius 3 is 1.31 bits per heavy atom. The van der Waals surface area contributed by atoms with Crippen LogP contribution in [-0.2, 0) is 12.8 Å². The molecule has 4 nitrogen and oxygen atoms in total. The molecule has 0 aromatic heterocycles. The number of aryl methyl sites for hydroxylation is 6. The van der Waals surface area contributed by atoms with Crippen molar-refractivity contribution in [1.29, 1.82) is 0 Å². The maximum atomic E-state index is 6.26. The highest BCUT2D eigenvalue weighted by Crippen LogP contribution is 2.29. The smallest absolute Gasteiger partial charge is 0.125 e. The van der Waals surface area contributed by atoms with Crippen molar-refractivity contribution in [2.75, 3.05) is 53.5 Å². The van der Waals surface area contributed by atoms with Crippen molar-refractivity contribution in [1.82, 2.24) is 9.80 Å². The Balaban J connectivity index is 1.28. The summed E-state index contributed by atoms with van der Waals surface area (Å²) >= 11 is 0. The van der Waals surface area contributed by atoms with Gasteiger partial charge in [0.25, 0.3) is 0 Å². The van der Waals surface area contributed by atoms with E-state index in [4.69, 9.17) is 9.47 Å². The molecule has 0 aliphatic carbocycles. The first-order valence-electron chi connectivity index (χ1n) is 14.1. The molecule has 2 aliphatic heterocycles. The highest BCUT2D eigenvalue weighted by Gasteiger charge is 2.20. The minimum absolute atomic E-state index is 0.785. The van der Waals surface area contributed by atoms with Gasteiger partial charge in [-0.05, 0) is 139 Å². The Kier molecular flexibility index (Phi) is 9.35. The Labute approximate surface area is 220 Å². The molecule has 2 atom stereocenters. The van der Waals surface area contributed by atoms with Crippen LogP contribution in [0.1, 0.15) is 59.1 Å². The summed E-state index contributed by atoms with van der Waals surface area (Å²) in [5.74, 6) is 3.74. The van der Waals surface area contributed by atoms with Crippen LogP contribution < -0.4 is 9.47 Å².